The Labute approximate surface area is 149 Å². The van der Waals surface area contributed by atoms with Gasteiger partial charge in [-0.3, -0.25) is 9.69 Å². The van der Waals surface area contributed by atoms with E-state index in [9.17, 15) is 9.59 Å². The van der Waals surface area contributed by atoms with Crippen LogP contribution < -0.4 is 0 Å². The predicted octanol–water partition coefficient (Wildman–Crippen LogP) is 2.73. The zero-order valence-electron chi connectivity index (χ0n) is 14.1. The number of nitrogens with zero attached hydrogens (tertiary/aromatic N) is 4. The molecule has 2 aliphatic rings. The Morgan fingerprint density at radius 3 is 2.96 bits per heavy atom. The van der Waals surface area contributed by atoms with Crippen LogP contribution in [0.5, 0.6) is 0 Å². The summed E-state index contributed by atoms with van der Waals surface area (Å²) in [7, 11) is 0. The number of fused-ring (bicyclic) bond motifs is 1. The SMILES string of the molecule is Cc1cccc(-c2noc(CCN3C(=O)N=C4C=CC=CC4C3=O)n2)c1. The van der Waals surface area contributed by atoms with E-state index in [1.165, 1.54) is 0 Å². The molecule has 1 aliphatic carbocycles. The number of aromatic nitrogens is 2. The molecule has 130 valence electrons. The number of imide groups is 1. The summed E-state index contributed by atoms with van der Waals surface area (Å²) in [6.07, 6.45) is 7.25. The third-order valence-corrected chi connectivity index (χ3v) is 4.28. The van der Waals surface area contributed by atoms with E-state index in [2.05, 4.69) is 15.1 Å². The molecule has 0 saturated heterocycles. The van der Waals surface area contributed by atoms with Crippen molar-refractivity contribution >= 4 is 17.6 Å². The van der Waals surface area contributed by atoms with Gasteiger partial charge in [0.1, 0.15) is 0 Å². The molecule has 4 rings (SSSR count). The van der Waals surface area contributed by atoms with Crippen LogP contribution in [0.2, 0.25) is 0 Å². The van der Waals surface area contributed by atoms with Crippen LogP contribution in [-0.2, 0) is 11.2 Å². The second kappa shape index (κ2) is 6.51. The lowest BCUT2D eigenvalue weighted by molar-refractivity contribution is -0.129. The number of amides is 3. The molecule has 0 saturated carbocycles. The average Bonchev–Trinajstić information content (AvgIpc) is 3.10. The highest BCUT2D eigenvalue weighted by Gasteiger charge is 2.35. The van der Waals surface area contributed by atoms with Gasteiger partial charge in [0.25, 0.3) is 0 Å². The summed E-state index contributed by atoms with van der Waals surface area (Å²) in [6, 6.07) is 7.22. The Kier molecular flexibility index (Phi) is 4.04. The van der Waals surface area contributed by atoms with Crippen molar-refractivity contribution in [3.63, 3.8) is 0 Å². The molecule has 26 heavy (non-hydrogen) atoms. The Morgan fingerprint density at radius 2 is 2.12 bits per heavy atom. The molecule has 7 heteroatoms. The van der Waals surface area contributed by atoms with Crippen molar-refractivity contribution in [2.75, 3.05) is 6.54 Å². The summed E-state index contributed by atoms with van der Waals surface area (Å²) in [5, 5.41) is 3.97. The molecule has 1 aromatic carbocycles. The molecule has 0 radical (unpaired) electrons. The summed E-state index contributed by atoms with van der Waals surface area (Å²) in [5.74, 6) is 0.0823. The van der Waals surface area contributed by atoms with Crippen LogP contribution in [0, 0.1) is 12.8 Å². The van der Waals surface area contributed by atoms with Crippen molar-refractivity contribution in [2.24, 2.45) is 10.9 Å². The number of aryl methyl sites for hydroxylation is 1. The molecule has 7 nitrogen and oxygen atoms in total. The Morgan fingerprint density at radius 1 is 1.23 bits per heavy atom. The highest BCUT2D eigenvalue weighted by molar-refractivity contribution is 6.21. The van der Waals surface area contributed by atoms with E-state index in [-0.39, 0.29) is 18.9 Å². The average molecular weight is 348 g/mol. The van der Waals surface area contributed by atoms with Gasteiger partial charge in [0.2, 0.25) is 17.6 Å². The fourth-order valence-corrected chi connectivity index (χ4v) is 2.95. The molecule has 2 aromatic rings. The van der Waals surface area contributed by atoms with E-state index in [4.69, 9.17) is 4.52 Å². The first-order valence-corrected chi connectivity index (χ1v) is 8.30. The number of aliphatic imine (C=N–C) groups is 1. The smallest absolute Gasteiger partial charge is 0.339 e. The normalized spacial score (nSPS) is 18.9. The standard InChI is InChI=1S/C19H16N4O3/c1-12-5-4-6-13(11-12)17-21-16(26-22-17)9-10-23-18(24)14-7-2-3-8-15(14)20-19(23)25/h2-8,11,14H,9-10H2,1H3. The van der Waals surface area contributed by atoms with Crippen LogP contribution in [0.25, 0.3) is 11.4 Å². The van der Waals surface area contributed by atoms with Crippen molar-refractivity contribution in [3.05, 3.63) is 60.0 Å². The zero-order chi connectivity index (χ0) is 18.1. The monoisotopic (exact) mass is 348 g/mol. The first-order chi connectivity index (χ1) is 12.6. The highest BCUT2D eigenvalue weighted by atomic mass is 16.5. The fourth-order valence-electron chi connectivity index (χ4n) is 2.95. The third-order valence-electron chi connectivity index (χ3n) is 4.28. The molecule has 1 unspecified atom stereocenters. The van der Waals surface area contributed by atoms with Crippen LogP contribution in [0.4, 0.5) is 4.79 Å². The van der Waals surface area contributed by atoms with E-state index in [0.29, 0.717) is 17.4 Å². The van der Waals surface area contributed by atoms with Crippen molar-refractivity contribution in [1.82, 2.24) is 15.0 Å². The summed E-state index contributed by atoms with van der Waals surface area (Å²) in [6.45, 7) is 2.14. The second-order valence-corrected chi connectivity index (χ2v) is 6.16. The Bertz CT molecular complexity index is 971. The first kappa shape index (κ1) is 16.1. The van der Waals surface area contributed by atoms with E-state index in [0.717, 1.165) is 16.0 Å². The number of hydrogen-bond donors (Lipinski definition) is 0. The summed E-state index contributed by atoms with van der Waals surface area (Å²) < 4.78 is 5.26. The van der Waals surface area contributed by atoms with Gasteiger partial charge < -0.3 is 4.52 Å². The number of carbonyl (C=O) groups excluding carboxylic acids is 2. The van der Waals surface area contributed by atoms with Gasteiger partial charge in [-0.25, -0.2) is 4.79 Å². The van der Waals surface area contributed by atoms with Crippen LogP contribution in [-0.4, -0.2) is 39.2 Å². The lowest BCUT2D eigenvalue weighted by Crippen LogP contribution is -2.46. The molecule has 2 heterocycles. The second-order valence-electron chi connectivity index (χ2n) is 6.16. The van der Waals surface area contributed by atoms with Crippen molar-refractivity contribution in [3.8, 4) is 11.4 Å². The quantitative estimate of drug-likeness (QED) is 0.847. The fraction of sp³-hybridized carbons (Fsp3) is 0.211. The lowest BCUT2D eigenvalue weighted by Gasteiger charge is -2.27. The minimum Gasteiger partial charge on any atom is -0.339 e. The van der Waals surface area contributed by atoms with Crippen molar-refractivity contribution < 1.29 is 14.1 Å². The molecule has 1 aromatic heterocycles. The predicted molar refractivity (Wildman–Crippen MR) is 94.5 cm³/mol. The Hall–Kier alpha value is -3.35. The molecule has 1 aliphatic heterocycles. The van der Waals surface area contributed by atoms with Gasteiger partial charge in [-0.1, -0.05) is 47.1 Å². The number of hydrogen-bond acceptors (Lipinski definition) is 5. The van der Waals surface area contributed by atoms with E-state index >= 15 is 0 Å². The largest absolute Gasteiger partial charge is 0.350 e. The molecule has 0 fully saturated rings. The molecule has 0 spiro atoms. The van der Waals surface area contributed by atoms with Gasteiger partial charge in [-0.15, -0.1) is 0 Å². The van der Waals surface area contributed by atoms with Gasteiger partial charge >= 0.3 is 6.03 Å². The summed E-state index contributed by atoms with van der Waals surface area (Å²) >= 11 is 0. The van der Waals surface area contributed by atoms with Crippen LogP contribution in [0.15, 0.2) is 58.1 Å². The van der Waals surface area contributed by atoms with Crippen molar-refractivity contribution in [1.29, 1.82) is 0 Å². The zero-order valence-corrected chi connectivity index (χ0v) is 14.1. The van der Waals surface area contributed by atoms with Gasteiger partial charge in [-0.2, -0.15) is 9.98 Å². The summed E-state index contributed by atoms with van der Waals surface area (Å²) in [5.41, 5.74) is 2.44. The van der Waals surface area contributed by atoms with E-state index < -0.39 is 11.9 Å². The lowest BCUT2D eigenvalue weighted by atomic mass is 9.95. The molecule has 0 bridgehead atoms. The molecular formula is C19H16N4O3. The van der Waals surface area contributed by atoms with Crippen LogP contribution >= 0.6 is 0 Å². The van der Waals surface area contributed by atoms with Gasteiger partial charge in [0.05, 0.1) is 11.6 Å². The number of carbonyl (C=O) groups is 2. The van der Waals surface area contributed by atoms with Crippen LogP contribution in [0.3, 0.4) is 0 Å². The number of urea groups is 1. The summed E-state index contributed by atoms with van der Waals surface area (Å²) in [4.78, 5) is 34.1. The minimum atomic E-state index is -0.556. The molecule has 0 N–H and O–H groups in total. The highest BCUT2D eigenvalue weighted by Crippen LogP contribution is 2.21. The number of benzene rings is 1. The third kappa shape index (κ3) is 2.99. The van der Waals surface area contributed by atoms with Gasteiger partial charge in [-0.05, 0) is 19.1 Å². The van der Waals surface area contributed by atoms with E-state index in [1.807, 2.05) is 31.2 Å². The first-order valence-electron chi connectivity index (χ1n) is 8.30. The Balaban J connectivity index is 1.47. The van der Waals surface area contributed by atoms with Gasteiger partial charge in [0, 0.05) is 18.5 Å². The van der Waals surface area contributed by atoms with Crippen molar-refractivity contribution in [2.45, 2.75) is 13.3 Å². The van der Waals surface area contributed by atoms with Crippen LogP contribution in [0.1, 0.15) is 11.5 Å². The molecule has 3 amide bonds. The maximum absolute atomic E-state index is 12.5. The maximum atomic E-state index is 12.5. The van der Waals surface area contributed by atoms with Gasteiger partial charge in [0.15, 0.2) is 0 Å². The number of allylic oxidation sites excluding steroid dienone is 3. The number of rotatable bonds is 4. The molecular weight excluding hydrogens is 332 g/mol. The minimum absolute atomic E-state index is 0.151. The molecule has 1 atom stereocenters. The maximum Gasteiger partial charge on any atom is 0.350 e. The van der Waals surface area contributed by atoms with E-state index in [1.54, 1.807) is 24.3 Å². The topological polar surface area (TPSA) is 88.7 Å².